The number of hydrogen-bond acceptors (Lipinski definition) is 5. The van der Waals surface area contributed by atoms with E-state index in [1.165, 1.54) is 36.3 Å². The van der Waals surface area contributed by atoms with Gasteiger partial charge in [0.05, 0.1) is 23.2 Å². The summed E-state index contributed by atoms with van der Waals surface area (Å²) in [5.41, 5.74) is 1.69. The number of carbonyl (C=O) groups excluding carboxylic acids is 2. The highest BCUT2D eigenvalue weighted by Gasteiger charge is 2.38. The first-order valence-corrected chi connectivity index (χ1v) is 8.57. The van der Waals surface area contributed by atoms with E-state index in [2.05, 4.69) is 0 Å². The zero-order valence-corrected chi connectivity index (χ0v) is 15.8. The van der Waals surface area contributed by atoms with Crippen molar-refractivity contribution in [3.05, 3.63) is 86.1 Å². The molecule has 0 spiro atoms. The summed E-state index contributed by atoms with van der Waals surface area (Å²) in [6, 6.07) is 12.3. The maximum Gasteiger partial charge on any atom is 0.340 e. The van der Waals surface area contributed by atoms with Crippen molar-refractivity contribution in [2.75, 3.05) is 12.0 Å². The van der Waals surface area contributed by atoms with Crippen molar-refractivity contribution in [3.8, 4) is 0 Å². The molecule has 0 saturated carbocycles. The Morgan fingerprint density at radius 1 is 1.14 bits per heavy atom. The molecule has 1 aliphatic rings. The van der Waals surface area contributed by atoms with Crippen LogP contribution in [0.5, 0.6) is 0 Å². The second-order valence-corrected chi connectivity index (χ2v) is 6.41. The smallest absolute Gasteiger partial charge is 0.340 e. The van der Waals surface area contributed by atoms with Crippen molar-refractivity contribution >= 4 is 40.9 Å². The van der Waals surface area contributed by atoms with Crippen LogP contribution in [0.15, 0.2) is 65.4 Å². The first-order chi connectivity index (χ1) is 13.3. The molecular formula is C20H15ClN2O5. The van der Waals surface area contributed by atoms with Gasteiger partial charge in [0.25, 0.3) is 11.6 Å². The molecule has 142 valence electrons. The lowest BCUT2D eigenvalue weighted by Gasteiger charge is -2.17. The van der Waals surface area contributed by atoms with Crippen LogP contribution in [0.4, 0.5) is 11.4 Å². The molecule has 1 heterocycles. The van der Waals surface area contributed by atoms with Crippen molar-refractivity contribution in [2.24, 2.45) is 0 Å². The third-order valence-electron chi connectivity index (χ3n) is 4.29. The van der Waals surface area contributed by atoms with E-state index in [0.717, 1.165) is 0 Å². The lowest BCUT2D eigenvalue weighted by Crippen LogP contribution is -2.24. The van der Waals surface area contributed by atoms with Crippen molar-refractivity contribution in [1.29, 1.82) is 0 Å². The Bertz CT molecular complexity index is 1020. The molecule has 0 aliphatic carbocycles. The van der Waals surface area contributed by atoms with E-state index in [4.69, 9.17) is 16.3 Å². The van der Waals surface area contributed by atoms with E-state index in [1.54, 1.807) is 37.3 Å². The van der Waals surface area contributed by atoms with Gasteiger partial charge in [-0.1, -0.05) is 23.7 Å². The van der Waals surface area contributed by atoms with E-state index in [1.807, 2.05) is 0 Å². The molecule has 0 bridgehead atoms. The van der Waals surface area contributed by atoms with Crippen molar-refractivity contribution < 1.29 is 19.2 Å². The average molecular weight is 399 g/mol. The maximum absolute atomic E-state index is 13.1. The Morgan fingerprint density at radius 2 is 1.75 bits per heavy atom. The Labute approximate surface area is 165 Å². The van der Waals surface area contributed by atoms with E-state index in [0.29, 0.717) is 22.0 Å². The first-order valence-electron chi connectivity index (χ1n) is 8.19. The van der Waals surface area contributed by atoms with Crippen molar-refractivity contribution in [2.45, 2.75) is 6.92 Å². The molecule has 2 aromatic carbocycles. The van der Waals surface area contributed by atoms with Gasteiger partial charge in [0.15, 0.2) is 0 Å². The highest BCUT2D eigenvalue weighted by molar-refractivity contribution is 6.30. The number of carbonyl (C=O) groups is 2. The van der Waals surface area contributed by atoms with E-state index in [-0.39, 0.29) is 16.8 Å². The number of halogens is 1. The predicted molar refractivity (Wildman–Crippen MR) is 105 cm³/mol. The Morgan fingerprint density at radius 3 is 2.29 bits per heavy atom. The number of esters is 1. The van der Waals surface area contributed by atoms with Gasteiger partial charge in [0.1, 0.15) is 0 Å². The predicted octanol–water partition coefficient (Wildman–Crippen LogP) is 4.13. The molecule has 2 aromatic rings. The standard InChI is InChI=1S/C20H15ClN2O5/c1-12-18(20(25)28-2)17(11-13-3-5-14(21)6-4-13)19(24)22(12)15-7-9-16(10-8-15)23(26)27/h3-11H,1-2H3/b17-11-. The van der Waals surface area contributed by atoms with Gasteiger partial charge in [0.2, 0.25) is 0 Å². The number of nitrogens with zero attached hydrogens (tertiary/aromatic N) is 2. The summed E-state index contributed by atoms with van der Waals surface area (Å²) >= 11 is 5.89. The minimum Gasteiger partial charge on any atom is -0.465 e. The van der Waals surface area contributed by atoms with E-state index in [9.17, 15) is 19.7 Å². The summed E-state index contributed by atoms with van der Waals surface area (Å²) in [6.07, 6.45) is 1.58. The average Bonchev–Trinajstić information content (AvgIpc) is 2.93. The number of ether oxygens (including phenoxy) is 1. The van der Waals surface area contributed by atoms with Crippen LogP contribution in [0.2, 0.25) is 5.02 Å². The molecule has 1 aliphatic heterocycles. The molecule has 0 saturated heterocycles. The molecule has 7 nitrogen and oxygen atoms in total. The van der Waals surface area contributed by atoms with Crippen LogP contribution in [0.3, 0.4) is 0 Å². The fraction of sp³-hybridized carbons (Fsp3) is 0.100. The Kier molecular flexibility index (Phi) is 5.28. The first kappa shape index (κ1) is 19.3. The molecular weight excluding hydrogens is 384 g/mol. The second-order valence-electron chi connectivity index (χ2n) is 5.98. The van der Waals surface area contributed by atoms with Crippen molar-refractivity contribution in [3.63, 3.8) is 0 Å². The molecule has 3 rings (SSSR count). The number of nitro groups is 1. The lowest BCUT2D eigenvalue weighted by atomic mass is 10.0. The van der Waals surface area contributed by atoms with Gasteiger partial charge in [-0.3, -0.25) is 19.8 Å². The van der Waals surface area contributed by atoms with Gasteiger partial charge < -0.3 is 4.74 Å². The topological polar surface area (TPSA) is 89.8 Å². The zero-order valence-electron chi connectivity index (χ0n) is 15.0. The molecule has 0 unspecified atom stereocenters. The monoisotopic (exact) mass is 398 g/mol. The van der Waals surface area contributed by atoms with Gasteiger partial charge in [-0.2, -0.15) is 0 Å². The zero-order chi connectivity index (χ0) is 20.4. The Hall–Kier alpha value is -3.45. The minimum atomic E-state index is -0.643. The fourth-order valence-electron chi connectivity index (χ4n) is 2.94. The number of hydrogen-bond donors (Lipinski definition) is 0. The third-order valence-corrected chi connectivity index (χ3v) is 4.54. The number of nitro benzene ring substituents is 1. The summed E-state index contributed by atoms with van der Waals surface area (Å²) in [6.45, 7) is 1.62. The van der Waals surface area contributed by atoms with E-state index < -0.39 is 16.8 Å². The summed E-state index contributed by atoms with van der Waals surface area (Å²) in [5.74, 6) is -1.07. The highest BCUT2D eigenvalue weighted by atomic mass is 35.5. The number of anilines is 1. The van der Waals surface area contributed by atoms with Crippen LogP contribution in [0, 0.1) is 10.1 Å². The normalized spacial score (nSPS) is 15.3. The van der Waals surface area contributed by atoms with Gasteiger partial charge in [0, 0.05) is 28.5 Å². The number of non-ortho nitro benzene ring substituents is 1. The molecule has 0 aromatic heterocycles. The van der Waals surface area contributed by atoms with Crippen LogP contribution < -0.4 is 4.90 Å². The summed E-state index contributed by atoms with van der Waals surface area (Å²) in [5, 5.41) is 11.4. The molecule has 0 fully saturated rings. The van der Waals surface area contributed by atoms with Crippen molar-refractivity contribution in [1.82, 2.24) is 0 Å². The number of methoxy groups -OCH3 is 1. The molecule has 0 N–H and O–H groups in total. The van der Waals surface area contributed by atoms with Gasteiger partial charge in [-0.05, 0) is 42.8 Å². The van der Waals surface area contributed by atoms with Gasteiger partial charge in [-0.25, -0.2) is 4.79 Å². The summed E-state index contributed by atoms with van der Waals surface area (Å²) in [7, 11) is 1.24. The molecule has 8 heteroatoms. The number of benzene rings is 2. The van der Waals surface area contributed by atoms with Crippen LogP contribution in [0.25, 0.3) is 6.08 Å². The second kappa shape index (κ2) is 7.66. The SMILES string of the molecule is COC(=O)C1=C(C)N(c2ccc([N+](=O)[O-])cc2)C(=O)/C1=C\c1ccc(Cl)cc1. The third kappa shape index (κ3) is 3.52. The van der Waals surface area contributed by atoms with E-state index >= 15 is 0 Å². The minimum absolute atomic E-state index is 0.0952. The Balaban J connectivity index is 2.09. The molecule has 28 heavy (non-hydrogen) atoms. The lowest BCUT2D eigenvalue weighted by molar-refractivity contribution is -0.384. The van der Waals surface area contributed by atoms with Gasteiger partial charge in [-0.15, -0.1) is 0 Å². The largest absolute Gasteiger partial charge is 0.465 e. The number of amides is 1. The maximum atomic E-state index is 13.1. The molecule has 1 amide bonds. The number of rotatable bonds is 4. The summed E-state index contributed by atoms with van der Waals surface area (Å²) in [4.78, 5) is 37.1. The van der Waals surface area contributed by atoms with Crippen LogP contribution >= 0.6 is 11.6 Å². The van der Waals surface area contributed by atoms with Gasteiger partial charge >= 0.3 is 5.97 Å². The molecule has 0 atom stereocenters. The number of allylic oxidation sites excluding steroid dienone is 1. The van der Waals surface area contributed by atoms with Crippen LogP contribution in [-0.2, 0) is 14.3 Å². The summed E-state index contributed by atoms with van der Waals surface area (Å²) < 4.78 is 4.85. The van der Waals surface area contributed by atoms with Crippen LogP contribution in [-0.4, -0.2) is 23.9 Å². The fourth-order valence-corrected chi connectivity index (χ4v) is 3.07. The molecule has 0 radical (unpaired) electrons. The quantitative estimate of drug-likeness (QED) is 0.334. The van der Waals surface area contributed by atoms with Crippen LogP contribution in [0.1, 0.15) is 12.5 Å². The highest BCUT2D eigenvalue weighted by Crippen LogP contribution is 2.36.